The highest BCUT2D eigenvalue weighted by molar-refractivity contribution is 9.09. The molecular weight excluding hydrogens is 537 g/mol. The molecule has 0 amide bonds. The number of rotatable bonds is 26. The zero-order valence-electron chi connectivity index (χ0n) is 22.9. The Hall–Kier alpha value is -0.230. The van der Waals surface area contributed by atoms with Gasteiger partial charge in [-0.25, -0.2) is 4.57 Å². The second-order valence-corrected chi connectivity index (χ2v) is 12.1. The van der Waals surface area contributed by atoms with E-state index in [1.807, 2.05) is 6.07 Å². The van der Waals surface area contributed by atoms with Crippen LogP contribution in [0.25, 0.3) is 0 Å². The molecule has 0 radical (unpaired) electrons. The Morgan fingerprint density at radius 1 is 0.722 bits per heavy atom. The van der Waals surface area contributed by atoms with Crippen LogP contribution in [0.15, 0.2) is 30.3 Å². The maximum absolute atomic E-state index is 11.9. The minimum atomic E-state index is -3.97. The van der Waals surface area contributed by atoms with Crippen LogP contribution in [0.1, 0.15) is 115 Å². The summed E-state index contributed by atoms with van der Waals surface area (Å²) in [6.07, 6.45) is 21.9. The van der Waals surface area contributed by atoms with E-state index in [1.54, 1.807) is 0 Å². The molecule has 1 unspecified atom stereocenters. The van der Waals surface area contributed by atoms with E-state index in [0.717, 1.165) is 19.5 Å². The van der Waals surface area contributed by atoms with E-state index in [1.165, 1.54) is 102 Å². The van der Waals surface area contributed by atoms with Crippen LogP contribution in [0.5, 0.6) is 0 Å². The smallest absolute Gasteiger partial charge is 0.302 e. The molecule has 0 bridgehead atoms. The van der Waals surface area contributed by atoms with Crippen molar-refractivity contribution < 1.29 is 18.5 Å². The lowest BCUT2D eigenvalue weighted by Gasteiger charge is -2.23. The van der Waals surface area contributed by atoms with Gasteiger partial charge in [0.2, 0.25) is 0 Å². The SMILES string of the molecule is CCCCCCCCCCCCCCCCCCN(CCOP(=O)(O)OCCBr)Cc1ccccc1. The molecule has 1 N–H and O–H groups in total. The highest BCUT2D eigenvalue weighted by atomic mass is 79.9. The second kappa shape index (κ2) is 23.9. The summed E-state index contributed by atoms with van der Waals surface area (Å²) in [6.45, 7) is 5.01. The van der Waals surface area contributed by atoms with E-state index < -0.39 is 7.82 Å². The summed E-state index contributed by atoms with van der Waals surface area (Å²) < 4.78 is 22.0. The van der Waals surface area contributed by atoms with Gasteiger partial charge in [0.15, 0.2) is 0 Å². The molecule has 1 aromatic carbocycles. The molecule has 1 aromatic rings. The highest BCUT2D eigenvalue weighted by Gasteiger charge is 2.20. The lowest BCUT2D eigenvalue weighted by molar-refractivity contribution is 0.133. The molecule has 0 aliphatic carbocycles. The zero-order valence-corrected chi connectivity index (χ0v) is 25.4. The van der Waals surface area contributed by atoms with Crippen LogP contribution in [0.3, 0.4) is 0 Å². The van der Waals surface area contributed by atoms with Crippen LogP contribution in [-0.2, 0) is 20.2 Å². The number of phosphoric ester groups is 1. The van der Waals surface area contributed by atoms with Crippen LogP contribution in [-0.4, -0.2) is 41.4 Å². The lowest BCUT2D eigenvalue weighted by Crippen LogP contribution is -2.28. The van der Waals surface area contributed by atoms with Crippen LogP contribution in [0.2, 0.25) is 0 Å². The third-order valence-corrected chi connectivity index (χ3v) is 7.91. The van der Waals surface area contributed by atoms with Gasteiger partial charge in [0, 0.05) is 18.4 Å². The standard InChI is InChI=1S/C29H53BrNO4P/c1-2-3-4-5-6-7-8-9-10-11-12-13-14-15-16-20-24-31(28-29-21-18-17-19-22-29)25-27-35-36(32,33)34-26-23-30/h17-19,21-22H,2-16,20,23-28H2,1H3,(H,32,33). The van der Waals surface area contributed by atoms with E-state index in [0.29, 0.717) is 11.9 Å². The summed E-state index contributed by atoms with van der Waals surface area (Å²) in [6, 6.07) is 10.4. The van der Waals surface area contributed by atoms with Crippen molar-refractivity contribution in [3.05, 3.63) is 35.9 Å². The molecule has 0 heterocycles. The third kappa shape index (κ3) is 20.8. The fraction of sp³-hybridized carbons (Fsp3) is 0.793. The number of unbranched alkanes of at least 4 members (excludes halogenated alkanes) is 15. The molecule has 1 rings (SSSR count). The van der Waals surface area contributed by atoms with Gasteiger partial charge in [0.05, 0.1) is 13.2 Å². The molecular formula is C29H53BrNO4P. The van der Waals surface area contributed by atoms with Crippen molar-refractivity contribution in [2.45, 2.75) is 116 Å². The number of phosphoric acid groups is 1. The highest BCUT2D eigenvalue weighted by Crippen LogP contribution is 2.42. The molecule has 0 fully saturated rings. The minimum Gasteiger partial charge on any atom is -0.302 e. The summed E-state index contributed by atoms with van der Waals surface area (Å²) >= 11 is 3.19. The first-order chi connectivity index (χ1) is 17.6. The summed E-state index contributed by atoms with van der Waals surface area (Å²) in [7, 11) is -3.97. The first-order valence-corrected chi connectivity index (χ1v) is 17.1. The molecule has 210 valence electrons. The lowest BCUT2D eigenvalue weighted by atomic mass is 10.0. The Morgan fingerprint density at radius 2 is 1.19 bits per heavy atom. The number of hydrogen-bond donors (Lipinski definition) is 1. The van der Waals surface area contributed by atoms with Crippen molar-refractivity contribution in [3.63, 3.8) is 0 Å². The molecule has 0 aliphatic heterocycles. The predicted molar refractivity (Wildman–Crippen MR) is 157 cm³/mol. The van der Waals surface area contributed by atoms with Crippen molar-refractivity contribution in [2.24, 2.45) is 0 Å². The maximum atomic E-state index is 11.9. The van der Waals surface area contributed by atoms with Gasteiger partial charge < -0.3 is 4.89 Å². The van der Waals surface area contributed by atoms with Crippen molar-refractivity contribution in [1.82, 2.24) is 4.90 Å². The van der Waals surface area contributed by atoms with E-state index in [4.69, 9.17) is 9.05 Å². The molecule has 1 atom stereocenters. The molecule has 0 aromatic heterocycles. The van der Waals surface area contributed by atoms with Crippen LogP contribution in [0, 0.1) is 0 Å². The first kappa shape index (κ1) is 33.8. The normalized spacial score (nSPS) is 13.3. The summed E-state index contributed by atoms with van der Waals surface area (Å²) in [5.41, 5.74) is 1.25. The van der Waals surface area contributed by atoms with Crippen LogP contribution in [0.4, 0.5) is 0 Å². The molecule has 0 spiro atoms. The number of nitrogens with zero attached hydrogens (tertiary/aromatic N) is 1. The summed E-state index contributed by atoms with van der Waals surface area (Å²) in [5.74, 6) is 0. The van der Waals surface area contributed by atoms with Gasteiger partial charge >= 0.3 is 7.82 Å². The van der Waals surface area contributed by atoms with Gasteiger partial charge in [-0.05, 0) is 18.5 Å². The maximum Gasteiger partial charge on any atom is 0.472 e. The number of alkyl halides is 1. The average Bonchev–Trinajstić information content (AvgIpc) is 2.87. The fourth-order valence-electron chi connectivity index (χ4n) is 4.47. The van der Waals surface area contributed by atoms with Crippen LogP contribution < -0.4 is 0 Å². The van der Waals surface area contributed by atoms with Crippen LogP contribution >= 0.6 is 23.8 Å². The predicted octanol–water partition coefficient (Wildman–Crippen LogP) is 9.28. The monoisotopic (exact) mass is 589 g/mol. The average molecular weight is 591 g/mol. The van der Waals surface area contributed by atoms with E-state index in [2.05, 4.69) is 52.0 Å². The molecule has 7 heteroatoms. The van der Waals surface area contributed by atoms with E-state index in [-0.39, 0.29) is 13.2 Å². The molecule has 0 aliphatic rings. The van der Waals surface area contributed by atoms with Gasteiger partial charge in [-0.3, -0.25) is 13.9 Å². The first-order valence-electron chi connectivity index (χ1n) is 14.5. The topological polar surface area (TPSA) is 59.0 Å². The Bertz CT molecular complexity index is 649. The number of hydrogen-bond acceptors (Lipinski definition) is 4. The Labute approximate surface area is 230 Å². The summed E-state index contributed by atoms with van der Waals surface area (Å²) in [4.78, 5) is 12.1. The van der Waals surface area contributed by atoms with Gasteiger partial charge in [-0.2, -0.15) is 0 Å². The van der Waals surface area contributed by atoms with Gasteiger partial charge in [-0.15, -0.1) is 0 Å². The van der Waals surface area contributed by atoms with Crippen molar-refractivity contribution in [2.75, 3.05) is 31.6 Å². The zero-order chi connectivity index (χ0) is 26.2. The summed E-state index contributed by atoms with van der Waals surface area (Å²) in [5, 5.41) is 0.500. The number of benzene rings is 1. The minimum absolute atomic E-state index is 0.153. The van der Waals surface area contributed by atoms with E-state index >= 15 is 0 Å². The molecule has 0 saturated heterocycles. The van der Waals surface area contributed by atoms with Gasteiger partial charge in [-0.1, -0.05) is 149 Å². The molecule has 5 nitrogen and oxygen atoms in total. The third-order valence-electron chi connectivity index (χ3n) is 6.57. The molecule has 0 saturated carbocycles. The largest absolute Gasteiger partial charge is 0.472 e. The Balaban J connectivity index is 2.10. The molecule has 36 heavy (non-hydrogen) atoms. The fourth-order valence-corrected chi connectivity index (χ4v) is 5.59. The van der Waals surface area contributed by atoms with Crippen molar-refractivity contribution in [3.8, 4) is 0 Å². The van der Waals surface area contributed by atoms with Crippen molar-refractivity contribution in [1.29, 1.82) is 0 Å². The number of halogens is 1. The second-order valence-electron chi connectivity index (χ2n) is 9.89. The van der Waals surface area contributed by atoms with Crippen molar-refractivity contribution >= 4 is 23.8 Å². The Morgan fingerprint density at radius 3 is 1.69 bits per heavy atom. The van der Waals surface area contributed by atoms with Gasteiger partial charge in [0.25, 0.3) is 0 Å². The Kier molecular flexibility index (Phi) is 22.4. The van der Waals surface area contributed by atoms with Gasteiger partial charge in [0.1, 0.15) is 0 Å². The van der Waals surface area contributed by atoms with E-state index in [9.17, 15) is 9.46 Å². The quantitative estimate of drug-likeness (QED) is 0.0662.